The van der Waals surface area contributed by atoms with Gasteiger partial charge in [-0.1, -0.05) is 11.6 Å². The van der Waals surface area contributed by atoms with Gasteiger partial charge in [0.25, 0.3) is 5.56 Å². The molecule has 0 fully saturated rings. The molecule has 2 aromatic rings. The van der Waals surface area contributed by atoms with Crippen molar-refractivity contribution in [3.63, 3.8) is 0 Å². The molecular formula is C10H9BrClNOS. The fraction of sp³-hybridized carbons (Fsp3) is 0.300. The van der Waals surface area contributed by atoms with Crippen molar-refractivity contribution < 1.29 is 0 Å². The Balaban J connectivity index is 2.95. The van der Waals surface area contributed by atoms with Crippen LogP contribution in [-0.4, -0.2) is 4.57 Å². The SMILES string of the molecule is CC(C)n1cc(Cl)c2scc(Br)c2c1=O. The highest BCUT2D eigenvalue weighted by atomic mass is 79.9. The molecule has 80 valence electrons. The molecule has 5 heteroatoms. The minimum absolute atomic E-state index is 0.0116. The summed E-state index contributed by atoms with van der Waals surface area (Å²) < 4.78 is 3.33. The van der Waals surface area contributed by atoms with E-state index >= 15 is 0 Å². The van der Waals surface area contributed by atoms with Crippen LogP contribution >= 0.6 is 38.9 Å². The van der Waals surface area contributed by atoms with Crippen molar-refractivity contribution in [3.8, 4) is 0 Å². The molecule has 0 radical (unpaired) electrons. The summed E-state index contributed by atoms with van der Waals surface area (Å²) >= 11 is 11.0. The first-order chi connectivity index (χ1) is 7.02. The van der Waals surface area contributed by atoms with Crippen molar-refractivity contribution in [2.45, 2.75) is 19.9 Å². The second-order valence-electron chi connectivity index (χ2n) is 3.57. The molecule has 2 heterocycles. The van der Waals surface area contributed by atoms with Gasteiger partial charge in [-0.15, -0.1) is 11.3 Å². The van der Waals surface area contributed by atoms with Gasteiger partial charge in [0.15, 0.2) is 0 Å². The van der Waals surface area contributed by atoms with Crippen LogP contribution in [-0.2, 0) is 0 Å². The van der Waals surface area contributed by atoms with Crippen LogP contribution in [0, 0.1) is 0 Å². The Hall–Kier alpha value is -0.320. The topological polar surface area (TPSA) is 22.0 Å². The van der Waals surface area contributed by atoms with E-state index in [1.807, 2.05) is 19.2 Å². The number of aromatic nitrogens is 1. The molecule has 2 nitrogen and oxygen atoms in total. The highest BCUT2D eigenvalue weighted by molar-refractivity contribution is 9.10. The highest BCUT2D eigenvalue weighted by Gasteiger charge is 2.13. The molecule has 0 spiro atoms. The predicted molar refractivity (Wildman–Crippen MR) is 69.2 cm³/mol. The monoisotopic (exact) mass is 305 g/mol. The maximum atomic E-state index is 12.1. The van der Waals surface area contributed by atoms with Gasteiger partial charge in [0.2, 0.25) is 0 Å². The van der Waals surface area contributed by atoms with E-state index in [4.69, 9.17) is 11.6 Å². The molecule has 0 aromatic carbocycles. The third-order valence-electron chi connectivity index (χ3n) is 2.22. The van der Waals surface area contributed by atoms with E-state index in [-0.39, 0.29) is 11.6 Å². The first kappa shape index (κ1) is 11.2. The molecule has 2 aromatic heterocycles. The van der Waals surface area contributed by atoms with Crippen molar-refractivity contribution in [2.75, 3.05) is 0 Å². The molecule has 0 bridgehead atoms. The third-order valence-corrected chi connectivity index (χ3v) is 4.56. The second kappa shape index (κ2) is 3.92. The van der Waals surface area contributed by atoms with Gasteiger partial charge in [0.05, 0.1) is 15.1 Å². The van der Waals surface area contributed by atoms with Crippen LogP contribution in [0.25, 0.3) is 10.1 Å². The number of thiophene rings is 1. The molecule has 15 heavy (non-hydrogen) atoms. The predicted octanol–water partition coefficient (Wildman–Crippen LogP) is 4.06. The molecular weight excluding hydrogens is 298 g/mol. The summed E-state index contributed by atoms with van der Waals surface area (Å²) in [5.41, 5.74) is 0.0116. The molecule has 0 saturated heterocycles. The average Bonchev–Trinajstić information content (AvgIpc) is 2.54. The standard InChI is InChI=1S/C10H9BrClNOS/c1-5(2)13-3-7(12)9-8(10(13)14)6(11)4-15-9/h3-5H,1-2H3. The van der Waals surface area contributed by atoms with E-state index in [1.54, 1.807) is 10.8 Å². The molecule has 0 aliphatic heterocycles. The summed E-state index contributed by atoms with van der Waals surface area (Å²) in [5.74, 6) is 0. The van der Waals surface area contributed by atoms with Gasteiger partial charge in [-0.25, -0.2) is 0 Å². The molecule has 0 N–H and O–H groups in total. The van der Waals surface area contributed by atoms with Crippen molar-refractivity contribution in [3.05, 3.63) is 31.4 Å². The van der Waals surface area contributed by atoms with Crippen molar-refractivity contribution in [1.82, 2.24) is 4.57 Å². The van der Waals surface area contributed by atoms with Crippen LogP contribution in [0.5, 0.6) is 0 Å². The summed E-state index contributed by atoms with van der Waals surface area (Å²) in [6, 6.07) is 0.117. The van der Waals surface area contributed by atoms with Gasteiger partial charge in [0, 0.05) is 22.1 Å². The summed E-state index contributed by atoms with van der Waals surface area (Å²) in [6.45, 7) is 3.92. The lowest BCUT2D eigenvalue weighted by atomic mass is 10.3. The van der Waals surface area contributed by atoms with Gasteiger partial charge in [-0.05, 0) is 29.8 Å². The quantitative estimate of drug-likeness (QED) is 0.779. The van der Waals surface area contributed by atoms with Crippen LogP contribution in [0.4, 0.5) is 0 Å². The molecule has 0 saturated carbocycles. The summed E-state index contributed by atoms with van der Waals surface area (Å²) in [5, 5.41) is 3.21. The fourth-order valence-electron chi connectivity index (χ4n) is 1.46. The van der Waals surface area contributed by atoms with E-state index in [0.717, 1.165) is 9.17 Å². The Kier molecular flexibility index (Phi) is 2.92. The normalized spacial score (nSPS) is 11.5. The zero-order valence-electron chi connectivity index (χ0n) is 8.25. The van der Waals surface area contributed by atoms with Crippen molar-refractivity contribution in [1.29, 1.82) is 0 Å². The summed E-state index contributed by atoms with van der Waals surface area (Å²) in [6.07, 6.45) is 1.71. The molecule has 0 aliphatic rings. The van der Waals surface area contributed by atoms with Crippen molar-refractivity contribution >= 4 is 49.0 Å². The van der Waals surface area contributed by atoms with Crippen LogP contribution in [0.3, 0.4) is 0 Å². The van der Waals surface area contributed by atoms with Crippen LogP contribution in [0.2, 0.25) is 5.02 Å². The Bertz CT molecular complexity index is 573. The van der Waals surface area contributed by atoms with Gasteiger partial charge >= 0.3 is 0 Å². The lowest BCUT2D eigenvalue weighted by Crippen LogP contribution is -2.21. The number of hydrogen-bond donors (Lipinski definition) is 0. The maximum Gasteiger partial charge on any atom is 0.260 e. The van der Waals surface area contributed by atoms with E-state index < -0.39 is 0 Å². The molecule has 2 rings (SSSR count). The van der Waals surface area contributed by atoms with E-state index in [9.17, 15) is 4.79 Å². The zero-order chi connectivity index (χ0) is 11.2. The largest absolute Gasteiger partial charge is 0.311 e. The van der Waals surface area contributed by atoms with E-state index in [1.165, 1.54) is 11.3 Å². The summed E-state index contributed by atoms with van der Waals surface area (Å²) in [7, 11) is 0. The van der Waals surface area contributed by atoms with Crippen molar-refractivity contribution in [2.24, 2.45) is 0 Å². The first-order valence-corrected chi connectivity index (χ1v) is 6.54. The molecule has 0 amide bonds. The van der Waals surface area contributed by atoms with Gasteiger partial charge in [-0.2, -0.15) is 0 Å². The fourth-order valence-corrected chi connectivity index (χ4v) is 3.40. The Morgan fingerprint density at radius 3 is 2.80 bits per heavy atom. The summed E-state index contributed by atoms with van der Waals surface area (Å²) in [4.78, 5) is 12.1. The Morgan fingerprint density at radius 2 is 2.20 bits per heavy atom. The highest BCUT2D eigenvalue weighted by Crippen LogP contribution is 2.32. The number of pyridine rings is 1. The van der Waals surface area contributed by atoms with Gasteiger partial charge in [0.1, 0.15) is 0 Å². The zero-order valence-corrected chi connectivity index (χ0v) is 11.4. The lowest BCUT2D eigenvalue weighted by Gasteiger charge is -2.10. The number of fused-ring (bicyclic) bond motifs is 1. The maximum absolute atomic E-state index is 12.1. The lowest BCUT2D eigenvalue weighted by molar-refractivity contribution is 0.583. The molecule has 0 unspecified atom stereocenters. The van der Waals surface area contributed by atoms with Crippen LogP contribution in [0.1, 0.15) is 19.9 Å². The second-order valence-corrected chi connectivity index (χ2v) is 5.71. The van der Waals surface area contributed by atoms with Gasteiger partial charge in [-0.3, -0.25) is 4.79 Å². The first-order valence-electron chi connectivity index (χ1n) is 4.49. The minimum atomic E-state index is 0.0116. The number of halogens is 2. The smallest absolute Gasteiger partial charge is 0.260 e. The third kappa shape index (κ3) is 1.75. The van der Waals surface area contributed by atoms with E-state index in [2.05, 4.69) is 15.9 Å². The van der Waals surface area contributed by atoms with Gasteiger partial charge < -0.3 is 4.57 Å². The Morgan fingerprint density at radius 1 is 1.53 bits per heavy atom. The molecule has 0 atom stereocenters. The number of nitrogens with zero attached hydrogens (tertiary/aromatic N) is 1. The number of hydrogen-bond acceptors (Lipinski definition) is 2. The molecule has 0 aliphatic carbocycles. The van der Waals surface area contributed by atoms with E-state index in [0.29, 0.717) is 10.4 Å². The van der Waals surface area contributed by atoms with Crippen LogP contribution in [0.15, 0.2) is 20.8 Å². The average molecular weight is 307 g/mol. The van der Waals surface area contributed by atoms with Crippen LogP contribution < -0.4 is 5.56 Å². The minimum Gasteiger partial charge on any atom is -0.311 e. The number of rotatable bonds is 1. The Labute approximate surface area is 105 Å².